The summed E-state index contributed by atoms with van der Waals surface area (Å²) in [6.45, 7) is 4.56. The lowest BCUT2D eigenvalue weighted by molar-refractivity contribution is 0.604. The van der Waals surface area contributed by atoms with Gasteiger partial charge in [0.1, 0.15) is 0 Å². The molecule has 23 heavy (non-hydrogen) atoms. The summed E-state index contributed by atoms with van der Waals surface area (Å²) in [7, 11) is 0. The van der Waals surface area contributed by atoms with Crippen molar-refractivity contribution in [3.63, 3.8) is 0 Å². The molecule has 0 saturated heterocycles. The summed E-state index contributed by atoms with van der Waals surface area (Å²) in [4.78, 5) is 4.81. The van der Waals surface area contributed by atoms with Gasteiger partial charge in [-0.25, -0.2) is 4.99 Å². The van der Waals surface area contributed by atoms with Crippen molar-refractivity contribution in [3.05, 3.63) is 72.4 Å². The largest absolute Gasteiger partial charge is 0.359 e. The summed E-state index contributed by atoms with van der Waals surface area (Å²) >= 11 is 1.88. The molecule has 0 aliphatic carbocycles. The van der Waals surface area contributed by atoms with E-state index in [0.29, 0.717) is 11.2 Å². The summed E-state index contributed by atoms with van der Waals surface area (Å²) in [6.07, 6.45) is 3.23. The van der Waals surface area contributed by atoms with Crippen molar-refractivity contribution in [3.8, 4) is 0 Å². The number of nitrogens with one attached hydrogen (secondary N) is 1. The highest BCUT2D eigenvalue weighted by atomic mass is 32.2. The molecular weight excluding hydrogens is 300 g/mol. The van der Waals surface area contributed by atoms with Gasteiger partial charge in [0.25, 0.3) is 0 Å². The topological polar surface area (TPSA) is 24.4 Å². The average Bonchev–Trinajstić information content (AvgIpc) is 2.56. The van der Waals surface area contributed by atoms with Gasteiger partial charge in [0.15, 0.2) is 0 Å². The van der Waals surface area contributed by atoms with E-state index in [-0.39, 0.29) is 0 Å². The fraction of sp³-hybridized carbons (Fsp3) is 0.250. The van der Waals surface area contributed by atoms with E-state index in [1.54, 1.807) is 0 Å². The molecule has 0 unspecified atom stereocenters. The number of aliphatic imine (C=N–C) groups is 1. The van der Waals surface area contributed by atoms with Crippen LogP contribution in [0.4, 0.5) is 11.4 Å². The Morgan fingerprint density at radius 2 is 1.65 bits per heavy atom. The molecule has 1 atom stereocenters. The third kappa shape index (κ3) is 4.49. The van der Waals surface area contributed by atoms with E-state index >= 15 is 0 Å². The van der Waals surface area contributed by atoms with Crippen molar-refractivity contribution in [2.75, 3.05) is 5.32 Å². The molecule has 1 heterocycles. The zero-order chi connectivity index (χ0) is 16.1. The molecule has 0 radical (unpaired) electrons. The minimum atomic E-state index is 0.550. The zero-order valence-electron chi connectivity index (χ0n) is 13.6. The van der Waals surface area contributed by atoms with Crippen molar-refractivity contribution >= 4 is 28.2 Å². The minimum Gasteiger partial charge on any atom is -0.359 e. The predicted molar refractivity (Wildman–Crippen MR) is 103 cm³/mol. The number of hydrogen-bond acceptors (Lipinski definition) is 3. The maximum Gasteiger partial charge on any atom is 0.0987 e. The van der Waals surface area contributed by atoms with Crippen molar-refractivity contribution in [1.82, 2.24) is 0 Å². The molecule has 3 heteroatoms. The number of nitrogens with zero attached hydrogens (tertiary/aromatic N) is 1. The van der Waals surface area contributed by atoms with E-state index in [9.17, 15) is 0 Å². The summed E-state index contributed by atoms with van der Waals surface area (Å²) in [5, 5.41) is 5.18. The predicted octanol–water partition coefficient (Wildman–Crippen LogP) is 5.87. The second-order valence-corrected chi connectivity index (χ2v) is 7.31. The maximum atomic E-state index is 4.81. The molecule has 0 spiro atoms. The molecule has 1 aliphatic heterocycles. The van der Waals surface area contributed by atoms with Crippen molar-refractivity contribution in [2.24, 2.45) is 10.9 Å². The molecule has 0 amide bonds. The summed E-state index contributed by atoms with van der Waals surface area (Å²) in [6, 6.07) is 20.5. The Morgan fingerprint density at radius 3 is 2.30 bits per heavy atom. The fourth-order valence-corrected chi connectivity index (χ4v) is 3.72. The first-order chi connectivity index (χ1) is 11.2. The lowest BCUT2D eigenvalue weighted by Gasteiger charge is -2.27. The molecule has 3 rings (SSSR count). The van der Waals surface area contributed by atoms with Crippen LogP contribution in [0.1, 0.15) is 20.3 Å². The molecule has 1 aliphatic rings. The van der Waals surface area contributed by atoms with Gasteiger partial charge < -0.3 is 5.32 Å². The van der Waals surface area contributed by atoms with E-state index in [2.05, 4.69) is 49.5 Å². The number of benzene rings is 2. The Bertz CT molecular complexity index is 690. The smallest absolute Gasteiger partial charge is 0.0987 e. The number of hydrogen-bond donors (Lipinski definition) is 1. The fourth-order valence-electron chi connectivity index (χ4n) is 2.51. The molecule has 0 saturated carbocycles. The van der Waals surface area contributed by atoms with Crippen molar-refractivity contribution in [2.45, 2.75) is 25.5 Å². The Hall–Kier alpha value is -2.00. The van der Waals surface area contributed by atoms with Gasteiger partial charge in [0, 0.05) is 23.1 Å². The van der Waals surface area contributed by atoms with Gasteiger partial charge in [-0.2, -0.15) is 0 Å². The van der Waals surface area contributed by atoms with Gasteiger partial charge >= 0.3 is 0 Å². The normalized spacial score (nSPS) is 19.7. The number of thioether (sulfide) groups is 1. The van der Waals surface area contributed by atoms with Gasteiger partial charge in [0.05, 0.1) is 10.7 Å². The first kappa shape index (κ1) is 15.9. The van der Waals surface area contributed by atoms with Crippen LogP contribution in [0.15, 0.2) is 77.4 Å². The highest BCUT2D eigenvalue weighted by Gasteiger charge is 2.23. The van der Waals surface area contributed by atoms with Crippen LogP contribution in [-0.4, -0.2) is 10.3 Å². The van der Waals surface area contributed by atoms with Crippen LogP contribution in [0.25, 0.3) is 0 Å². The SMILES string of the molecule is CC(C)[C@@H]1CC(Nc2ccccc2)=CC(=Nc2ccccc2)S1. The Labute approximate surface area is 142 Å². The van der Waals surface area contributed by atoms with Crippen LogP contribution in [0.2, 0.25) is 0 Å². The van der Waals surface area contributed by atoms with Gasteiger partial charge in [-0.3, -0.25) is 0 Å². The quantitative estimate of drug-likeness (QED) is 0.760. The first-order valence-electron chi connectivity index (χ1n) is 8.04. The molecule has 2 aromatic rings. The molecule has 118 valence electrons. The summed E-state index contributed by atoms with van der Waals surface area (Å²) in [5.74, 6) is 0.613. The average molecular weight is 322 g/mol. The minimum absolute atomic E-state index is 0.550. The lowest BCUT2D eigenvalue weighted by atomic mass is 10.0. The number of para-hydroxylation sites is 2. The maximum absolute atomic E-state index is 4.81. The van der Waals surface area contributed by atoms with E-state index in [0.717, 1.165) is 22.8 Å². The van der Waals surface area contributed by atoms with E-state index in [1.807, 2.05) is 48.2 Å². The first-order valence-corrected chi connectivity index (χ1v) is 8.92. The molecule has 1 N–H and O–H groups in total. The van der Waals surface area contributed by atoms with E-state index in [1.165, 1.54) is 5.70 Å². The van der Waals surface area contributed by atoms with E-state index in [4.69, 9.17) is 4.99 Å². The lowest BCUT2D eigenvalue weighted by Crippen LogP contribution is -2.21. The van der Waals surface area contributed by atoms with Crippen LogP contribution in [-0.2, 0) is 0 Å². The molecular formula is C20H22N2S. The van der Waals surface area contributed by atoms with E-state index < -0.39 is 0 Å². The van der Waals surface area contributed by atoms with Crippen LogP contribution < -0.4 is 5.32 Å². The van der Waals surface area contributed by atoms with Gasteiger partial charge in [-0.1, -0.05) is 50.2 Å². The van der Waals surface area contributed by atoms with Crippen LogP contribution in [0.3, 0.4) is 0 Å². The Morgan fingerprint density at radius 1 is 1.00 bits per heavy atom. The van der Waals surface area contributed by atoms with Crippen LogP contribution >= 0.6 is 11.8 Å². The van der Waals surface area contributed by atoms with Crippen LogP contribution in [0.5, 0.6) is 0 Å². The third-order valence-electron chi connectivity index (χ3n) is 3.81. The molecule has 0 bridgehead atoms. The van der Waals surface area contributed by atoms with Gasteiger partial charge in [-0.15, -0.1) is 11.8 Å². The number of rotatable bonds is 4. The zero-order valence-corrected chi connectivity index (χ0v) is 14.4. The van der Waals surface area contributed by atoms with Crippen LogP contribution in [0, 0.1) is 5.92 Å². The van der Waals surface area contributed by atoms with Gasteiger partial charge in [-0.05, 0) is 36.3 Å². The summed E-state index contributed by atoms with van der Waals surface area (Å²) in [5.41, 5.74) is 3.38. The van der Waals surface area contributed by atoms with Crippen molar-refractivity contribution < 1.29 is 0 Å². The molecule has 0 aromatic heterocycles. The molecule has 2 aromatic carbocycles. The highest BCUT2D eigenvalue weighted by Crippen LogP contribution is 2.34. The standard InChI is InChI=1S/C20H22N2S/c1-15(2)19-13-18(21-16-9-5-3-6-10-16)14-20(23-19)22-17-11-7-4-8-12-17/h3-12,14-15,19,21H,13H2,1-2H3/t19-/m0/s1. The highest BCUT2D eigenvalue weighted by molar-refractivity contribution is 8.15. The second-order valence-electron chi connectivity index (χ2n) is 6.05. The molecule has 0 fully saturated rings. The van der Waals surface area contributed by atoms with Gasteiger partial charge in [0.2, 0.25) is 0 Å². The van der Waals surface area contributed by atoms with Crippen molar-refractivity contribution in [1.29, 1.82) is 0 Å². The second kappa shape index (κ2) is 7.51. The summed E-state index contributed by atoms with van der Waals surface area (Å²) < 4.78 is 0. The number of anilines is 1. The Kier molecular flexibility index (Phi) is 5.19. The number of allylic oxidation sites excluding steroid dienone is 1. The Balaban J connectivity index is 1.86. The monoisotopic (exact) mass is 322 g/mol. The third-order valence-corrected chi connectivity index (χ3v) is 5.27. The molecule has 2 nitrogen and oxygen atoms in total.